The molecule has 20 heavy (non-hydrogen) atoms. The molecule has 1 aromatic carbocycles. The summed E-state index contributed by atoms with van der Waals surface area (Å²) in [6, 6.07) is 7.13. The molecule has 0 aromatic heterocycles. The molecule has 0 saturated carbocycles. The van der Waals surface area contributed by atoms with Crippen LogP contribution >= 0.6 is 15.9 Å². The standard InChI is InChI=1S/C13H17BrN2O4/c1-9(2)20-12(17)13(3,16(18)19)8-15-11-6-4-10(14)5-7-11/h4-7,9,15H,8H2,1-3H3. The molecule has 0 heterocycles. The van der Waals surface area contributed by atoms with E-state index in [1.54, 1.807) is 38.1 Å². The van der Waals surface area contributed by atoms with Crippen molar-refractivity contribution >= 4 is 27.6 Å². The van der Waals surface area contributed by atoms with Gasteiger partial charge in [-0.3, -0.25) is 10.1 Å². The summed E-state index contributed by atoms with van der Waals surface area (Å²) < 4.78 is 5.86. The van der Waals surface area contributed by atoms with Crippen molar-refractivity contribution in [3.05, 3.63) is 38.9 Å². The van der Waals surface area contributed by atoms with E-state index in [1.807, 2.05) is 0 Å². The SMILES string of the molecule is CC(C)OC(=O)C(C)(CNc1ccc(Br)cc1)[N+](=O)[O-]. The molecular weight excluding hydrogens is 328 g/mol. The van der Waals surface area contributed by atoms with Gasteiger partial charge < -0.3 is 10.1 Å². The summed E-state index contributed by atoms with van der Waals surface area (Å²) in [5, 5.41) is 14.1. The van der Waals surface area contributed by atoms with Crippen molar-refractivity contribution in [2.75, 3.05) is 11.9 Å². The van der Waals surface area contributed by atoms with E-state index in [0.29, 0.717) is 5.69 Å². The van der Waals surface area contributed by atoms with Gasteiger partial charge in [-0.25, -0.2) is 4.79 Å². The first-order chi connectivity index (χ1) is 9.25. The fourth-order valence-electron chi connectivity index (χ4n) is 1.39. The molecule has 0 aliphatic carbocycles. The topological polar surface area (TPSA) is 81.5 Å². The van der Waals surface area contributed by atoms with Gasteiger partial charge in [0.25, 0.3) is 0 Å². The number of halogens is 1. The highest BCUT2D eigenvalue weighted by Crippen LogP contribution is 2.18. The predicted octanol–water partition coefficient (Wildman–Crippen LogP) is 2.85. The molecule has 0 aliphatic rings. The van der Waals surface area contributed by atoms with Gasteiger partial charge in [0.05, 0.1) is 12.6 Å². The molecule has 0 amide bonds. The summed E-state index contributed by atoms with van der Waals surface area (Å²) >= 11 is 3.30. The van der Waals surface area contributed by atoms with Gasteiger partial charge in [0.15, 0.2) is 0 Å². The van der Waals surface area contributed by atoms with Crippen LogP contribution in [0.4, 0.5) is 5.69 Å². The van der Waals surface area contributed by atoms with E-state index in [4.69, 9.17) is 4.74 Å². The lowest BCUT2D eigenvalue weighted by molar-refractivity contribution is -0.547. The summed E-state index contributed by atoms with van der Waals surface area (Å²) in [4.78, 5) is 22.4. The number of nitro groups is 1. The van der Waals surface area contributed by atoms with Gasteiger partial charge in [0.1, 0.15) is 0 Å². The Balaban J connectivity index is 2.79. The van der Waals surface area contributed by atoms with Crippen LogP contribution in [0.2, 0.25) is 0 Å². The van der Waals surface area contributed by atoms with E-state index in [2.05, 4.69) is 21.2 Å². The summed E-state index contributed by atoms with van der Waals surface area (Å²) in [5.74, 6) is -0.845. The molecule has 1 N–H and O–H groups in total. The van der Waals surface area contributed by atoms with E-state index in [9.17, 15) is 14.9 Å². The third-order valence-corrected chi connectivity index (χ3v) is 3.20. The van der Waals surface area contributed by atoms with Crippen LogP contribution in [0.5, 0.6) is 0 Å². The number of rotatable bonds is 6. The minimum absolute atomic E-state index is 0.146. The maximum Gasteiger partial charge on any atom is 0.386 e. The lowest BCUT2D eigenvalue weighted by Crippen LogP contribution is -2.50. The Morgan fingerprint density at radius 2 is 2.00 bits per heavy atom. The van der Waals surface area contributed by atoms with Crippen molar-refractivity contribution in [1.29, 1.82) is 0 Å². The number of nitrogens with one attached hydrogen (secondary N) is 1. The average molecular weight is 345 g/mol. The number of carbonyl (C=O) groups is 1. The van der Waals surface area contributed by atoms with Crippen LogP contribution in [-0.4, -0.2) is 29.1 Å². The zero-order valence-electron chi connectivity index (χ0n) is 11.6. The molecule has 6 nitrogen and oxygen atoms in total. The van der Waals surface area contributed by atoms with Gasteiger partial charge in [-0.15, -0.1) is 0 Å². The van der Waals surface area contributed by atoms with Gasteiger partial charge in [0.2, 0.25) is 0 Å². The van der Waals surface area contributed by atoms with Crippen molar-refractivity contribution in [2.45, 2.75) is 32.4 Å². The molecule has 0 spiro atoms. The number of carbonyl (C=O) groups excluding carboxylic acids is 1. The van der Waals surface area contributed by atoms with Crippen molar-refractivity contribution in [3.8, 4) is 0 Å². The molecule has 0 radical (unpaired) electrons. The molecular formula is C13H17BrN2O4. The Bertz CT molecular complexity index is 490. The first-order valence-corrected chi connectivity index (χ1v) is 6.90. The van der Waals surface area contributed by atoms with E-state index in [0.717, 1.165) is 4.47 Å². The van der Waals surface area contributed by atoms with Crippen LogP contribution in [0.1, 0.15) is 20.8 Å². The van der Waals surface area contributed by atoms with Crippen LogP contribution in [0.25, 0.3) is 0 Å². The zero-order valence-corrected chi connectivity index (χ0v) is 13.1. The van der Waals surface area contributed by atoms with Crippen LogP contribution in [0.3, 0.4) is 0 Å². The highest BCUT2D eigenvalue weighted by Gasteiger charge is 2.48. The highest BCUT2D eigenvalue weighted by molar-refractivity contribution is 9.10. The summed E-state index contributed by atoms with van der Waals surface area (Å²) in [6.45, 7) is 4.41. The summed E-state index contributed by atoms with van der Waals surface area (Å²) in [6.07, 6.45) is -0.394. The Morgan fingerprint density at radius 3 is 2.45 bits per heavy atom. The molecule has 0 fully saturated rings. The molecule has 7 heteroatoms. The third kappa shape index (κ3) is 4.19. The van der Waals surface area contributed by atoms with Crippen LogP contribution in [0, 0.1) is 10.1 Å². The second-order valence-corrected chi connectivity index (χ2v) is 5.76. The number of nitrogens with zero attached hydrogens (tertiary/aromatic N) is 1. The smallest absolute Gasteiger partial charge is 0.386 e. The molecule has 0 bridgehead atoms. The number of ether oxygens (including phenoxy) is 1. The third-order valence-electron chi connectivity index (χ3n) is 2.67. The first-order valence-electron chi connectivity index (χ1n) is 6.10. The van der Waals surface area contributed by atoms with E-state index in [1.165, 1.54) is 6.92 Å². The normalized spacial score (nSPS) is 13.7. The number of benzene rings is 1. The second-order valence-electron chi connectivity index (χ2n) is 4.85. The van der Waals surface area contributed by atoms with Crippen LogP contribution in [-0.2, 0) is 9.53 Å². The Morgan fingerprint density at radius 1 is 1.45 bits per heavy atom. The van der Waals surface area contributed by atoms with Gasteiger partial charge in [0, 0.05) is 22.0 Å². The first kappa shape index (κ1) is 16.4. The van der Waals surface area contributed by atoms with Gasteiger partial charge >= 0.3 is 11.5 Å². The minimum Gasteiger partial charge on any atom is -0.458 e. The lowest BCUT2D eigenvalue weighted by atomic mass is 10.0. The quantitative estimate of drug-likeness (QED) is 0.487. The van der Waals surface area contributed by atoms with Crippen molar-refractivity contribution in [2.24, 2.45) is 0 Å². The Hall–Kier alpha value is -1.63. The van der Waals surface area contributed by atoms with E-state index >= 15 is 0 Å². The van der Waals surface area contributed by atoms with Gasteiger partial charge in [-0.2, -0.15) is 0 Å². The zero-order chi connectivity index (χ0) is 15.3. The number of hydrogen-bond acceptors (Lipinski definition) is 5. The minimum atomic E-state index is -1.82. The lowest BCUT2D eigenvalue weighted by Gasteiger charge is -2.21. The molecule has 110 valence electrons. The largest absolute Gasteiger partial charge is 0.458 e. The highest BCUT2D eigenvalue weighted by atomic mass is 79.9. The fourth-order valence-corrected chi connectivity index (χ4v) is 1.66. The number of hydrogen-bond donors (Lipinski definition) is 1. The van der Waals surface area contributed by atoms with Crippen molar-refractivity contribution in [1.82, 2.24) is 0 Å². The van der Waals surface area contributed by atoms with Gasteiger partial charge in [-0.05, 0) is 38.1 Å². The number of anilines is 1. The molecule has 0 aliphatic heterocycles. The second kappa shape index (κ2) is 6.69. The van der Waals surface area contributed by atoms with E-state index < -0.39 is 22.5 Å². The summed E-state index contributed by atoms with van der Waals surface area (Å²) in [5.41, 5.74) is -1.13. The molecule has 1 rings (SSSR count). The molecule has 0 saturated heterocycles. The van der Waals surface area contributed by atoms with Crippen LogP contribution < -0.4 is 5.32 Å². The fraction of sp³-hybridized carbons (Fsp3) is 0.462. The Labute approximate surface area is 125 Å². The van der Waals surface area contributed by atoms with Gasteiger partial charge in [-0.1, -0.05) is 15.9 Å². The molecule has 1 atom stereocenters. The summed E-state index contributed by atoms with van der Waals surface area (Å²) in [7, 11) is 0. The Kier molecular flexibility index (Phi) is 5.50. The van der Waals surface area contributed by atoms with Crippen molar-refractivity contribution in [3.63, 3.8) is 0 Å². The average Bonchev–Trinajstić information content (AvgIpc) is 2.36. The maximum atomic E-state index is 11.9. The van der Waals surface area contributed by atoms with Crippen LogP contribution in [0.15, 0.2) is 28.7 Å². The molecule has 1 aromatic rings. The monoisotopic (exact) mass is 344 g/mol. The predicted molar refractivity (Wildman–Crippen MR) is 79.3 cm³/mol. The molecule has 1 unspecified atom stereocenters. The van der Waals surface area contributed by atoms with Crippen molar-refractivity contribution < 1.29 is 14.5 Å². The maximum absolute atomic E-state index is 11.9. The number of esters is 1. The van der Waals surface area contributed by atoms with E-state index in [-0.39, 0.29) is 6.54 Å².